The molecule has 0 fully saturated rings. The van der Waals surface area contributed by atoms with Gasteiger partial charge in [0.2, 0.25) is 0 Å². The minimum absolute atomic E-state index is 0.173. The molecule has 1 aromatic heterocycles. The van der Waals surface area contributed by atoms with Crippen molar-refractivity contribution >= 4 is 11.3 Å². The number of nitrogens with one attached hydrogen (secondary N) is 1. The van der Waals surface area contributed by atoms with Crippen LogP contribution in [-0.2, 0) is 0 Å². The molecular formula is C17H32N2S. The van der Waals surface area contributed by atoms with Gasteiger partial charge in [0.05, 0.1) is 6.04 Å². The molecule has 0 aliphatic rings. The predicted octanol–water partition coefficient (Wildman–Crippen LogP) is 4.61. The first-order valence-electron chi connectivity index (χ1n) is 8.06. The Morgan fingerprint density at radius 1 is 1.25 bits per heavy atom. The molecule has 1 heterocycles. The maximum atomic E-state index is 3.80. The van der Waals surface area contributed by atoms with E-state index in [0.717, 1.165) is 26.1 Å². The fourth-order valence-electron chi connectivity index (χ4n) is 3.16. The lowest BCUT2D eigenvalue weighted by atomic mass is 9.83. The molecule has 2 nitrogen and oxygen atoms in total. The molecule has 0 saturated carbocycles. The maximum absolute atomic E-state index is 3.80. The average Bonchev–Trinajstić information content (AvgIpc) is 2.86. The third-order valence-corrected chi connectivity index (χ3v) is 5.39. The van der Waals surface area contributed by atoms with Crippen LogP contribution in [0.1, 0.15) is 63.9 Å². The van der Waals surface area contributed by atoms with Crippen LogP contribution in [0.5, 0.6) is 0 Å². The lowest BCUT2D eigenvalue weighted by Crippen LogP contribution is -2.54. The fraction of sp³-hybridized carbons (Fsp3) is 0.765. The normalized spacial score (nSPS) is 16.4. The second-order valence-corrected chi connectivity index (χ2v) is 6.88. The van der Waals surface area contributed by atoms with E-state index in [-0.39, 0.29) is 5.54 Å². The van der Waals surface area contributed by atoms with Crippen LogP contribution in [0.15, 0.2) is 11.4 Å². The summed E-state index contributed by atoms with van der Waals surface area (Å²) in [4.78, 5) is 4.01. The molecule has 116 valence electrons. The number of aryl methyl sites for hydroxylation is 1. The summed E-state index contributed by atoms with van der Waals surface area (Å²) < 4.78 is 0. The molecule has 0 aliphatic carbocycles. The zero-order chi connectivity index (χ0) is 15.2. The summed E-state index contributed by atoms with van der Waals surface area (Å²) in [6, 6.07) is 2.77. The highest BCUT2D eigenvalue weighted by molar-refractivity contribution is 7.10. The Morgan fingerprint density at radius 2 is 1.90 bits per heavy atom. The van der Waals surface area contributed by atoms with Gasteiger partial charge < -0.3 is 5.32 Å². The Labute approximate surface area is 129 Å². The number of thiophene rings is 1. The molecule has 1 aromatic rings. The van der Waals surface area contributed by atoms with Crippen LogP contribution in [0.2, 0.25) is 0 Å². The van der Waals surface area contributed by atoms with Gasteiger partial charge in [-0.2, -0.15) is 0 Å². The summed E-state index contributed by atoms with van der Waals surface area (Å²) in [5.41, 5.74) is 1.63. The molecule has 0 bridgehead atoms. The van der Waals surface area contributed by atoms with E-state index in [9.17, 15) is 0 Å². The van der Waals surface area contributed by atoms with Gasteiger partial charge in [-0.3, -0.25) is 4.90 Å². The van der Waals surface area contributed by atoms with Crippen molar-refractivity contribution in [2.75, 3.05) is 19.6 Å². The van der Waals surface area contributed by atoms with Crippen molar-refractivity contribution in [1.82, 2.24) is 10.2 Å². The summed E-state index contributed by atoms with van der Waals surface area (Å²) in [5.74, 6) is 0. The highest BCUT2D eigenvalue weighted by Crippen LogP contribution is 2.36. The van der Waals surface area contributed by atoms with Crippen LogP contribution >= 0.6 is 11.3 Å². The van der Waals surface area contributed by atoms with Crippen molar-refractivity contribution in [3.8, 4) is 0 Å². The van der Waals surface area contributed by atoms with Crippen molar-refractivity contribution in [1.29, 1.82) is 0 Å². The molecule has 0 spiro atoms. The first-order valence-corrected chi connectivity index (χ1v) is 8.94. The van der Waals surface area contributed by atoms with Gasteiger partial charge in [0.1, 0.15) is 0 Å². The van der Waals surface area contributed by atoms with Gasteiger partial charge in [-0.1, -0.05) is 27.7 Å². The second-order valence-electron chi connectivity index (χ2n) is 5.76. The number of likely N-dealkylation sites (N-methyl/N-ethyl adjacent to an activating group) is 1. The number of hydrogen-bond donors (Lipinski definition) is 1. The second kappa shape index (κ2) is 8.16. The van der Waals surface area contributed by atoms with Crippen LogP contribution in [0.4, 0.5) is 0 Å². The largest absolute Gasteiger partial charge is 0.308 e. The Kier molecular flexibility index (Phi) is 7.21. The molecule has 0 amide bonds. The molecule has 1 rings (SSSR count). The molecule has 2 unspecified atom stereocenters. The summed E-state index contributed by atoms with van der Waals surface area (Å²) in [6.07, 6.45) is 2.34. The highest BCUT2D eigenvalue weighted by Gasteiger charge is 2.37. The predicted molar refractivity (Wildman–Crippen MR) is 91.7 cm³/mol. The standard InChI is InChI=1S/C17H32N2S/c1-7-11-18-16(15-12-14(5)20-13-15)17(6,8-2)19(9-3)10-4/h12-13,16,18H,7-11H2,1-6H3. The number of nitrogens with zero attached hydrogens (tertiary/aromatic N) is 1. The summed E-state index contributed by atoms with van der Waals surface area (Å²) in [6.45, 7) is 17.0. The Morgan fingerprint density at radius 3 is 2.30 bits per heavy atom. The topological polar surface area (TPSA) is 15.3 Å². The molecule has 0 aliphatic heterocycles. The van der Waals surface area contributed by atoms with Gasteiger partial charge in [-0.15, -0.1) is 11.3 Å². The Bertz CT molecular complexity index is 384. The first-order chi connectivity index (χ1) is 9.53. The third-order valence-electron chi connectivity index (χ3n) is 4.51. The number of rotatable bonds is 9. The smallest absolute Gasteiger partial charge is 0.0512 e. The quantitative estimate of drug-likeness (QED) is 0.716. The van der Waals surface area contributed by atoms with Gasteiger partial charge in [0, 0.05) is 10.4 Å². The Hall–Kier alpha value is -0.380. The van der Waals surface area contributed by atoms with E-state index in [4.69, 9.17) is 0 Å². The zero-order valence-electron chi connectivity index (χ0n) is 14.1. The van der Waals surface area contributed by atoms with Crippen molar-refractivity contribution < 1.29 is 0 Å². The minimum Gasteiger partial charge on any atom is -0.308 e. The van der Waals surface area contributed by atoms with Crippen molar-refractivity contribution in [3.05, 3.63) is 21.9 Å². The summed E-state index contributed by atoms with van der Waals surface area (Å²) in [5, 5.41) is 6.14. The van der Waals surface area contributed by atoms with E-state index in [1.54, 1.807) is 0 Å². The molecule has 0 radical (unpaired) electrons. The molecule has 3 heteroatoms. The van der Waals surface area contributed by atoms with Crippen LogP contribution < -0.4 is 5.32 Å². The van der Waals surface area contributed by atoms with E-state index in [1.165, 1.54) is 16.9 Å². The van der Waals surface area contributed by atoms with Gasteiger partial charge >= 0.3 is 0 Å². The Balaban J connectivity index is 3.11. The van der Waals surface area contributed by atoms with Crippen molar-refractivity contribution in [3.63, 3.8) is 0 Å². The van der Waals surface area contributed by atoms with Gasteiger partial charge in [-0.25, -0.2) is 0 Å². The van der Waals surface area contributed by atoms with Crippen molar-refractivity contribution in [2.24, 2.45) is 0 Å². The molecule has 1 N–H and O–H groups in total. The lowest BCUT2D eigenvalue weighted by molar-refractivity contribution is 0.0700. The third kappa shape index (κ3) is 3.84. The molecule has 2 atom stereocenters. The highest BCUT2D eigenvalue weighted by atomic mass is 32.1. The van der Waals surface area contributed by atoms with Crippen molar-refractivity contribution in [2.45, 2.75) is 66.0 Å². The molecular weight excluding hydrogens is 264 g/mol. The van der Waals surface area contributed by atoms with Gasteiger partial charge in [0.25, 0.3) is 0 Å². The van der Waals surface area contributed by atoms with Crippen LogP contribution in [0.3, 0.4) is 0 Å². The van der Waals surface area contributed by atoms with Crippen LogP contribution in [0.25, 0.3) is 0 Å². The lowest BCUT2D eigenvalue weighted by Gasteiger charge is -2.46. The fourth-order valence-corrected chi connectivity index (χ4v) is 3.89. The van der Waals surface area contributed by atoms with Gasteiger partial charge in [0.15, 0.2) is 0 Å². The zero-order valence-corrected chi connectivity index (χ0v) is 14.9. The summed E-state index contributed by atoms with van der Waals surface area (Å²) in [7, 11) is 0. The van der Waals surface area contributed by atoms with Crippen LogP contribution in [0, 0.1) is 6.92 Å². The first kappa shape index (κ1) is 17.7. The molecule has 0 saturated heterocycles. The van der Waals surface area contributed by atoms with E-state index in [0.29, 0.717) is 6.04 Å². The SMILES string of the molecule is CCCNC(c1csc(C)c1)C(C)(CC)N(CC)CC. The molecule has 0 aromatic carbocycles. The van der Waals surface area contributed by atoms with E-state index in [1.807, 2.05) is 11.3 Å². The minimum atomic E-state index is 0.173. The number of hydrogen-bond acceptors (Lipinski definition) is 3. The van der Waals surface area contributed by atoms with Gasteiger partial charge in [-0.05, 0) is 63.3 Å². The molecule has 20 heavy (non-hydrogen) atoms. The van der Waals surface area contributed by atoms with E-state index in [2.05, 4.69) is 63.2 Å². The average molecular weight is 297 g/mol. The van der Waals surface area contributed by atoms with E-state index < -0.39 is 0 Å². The maximum Gasteiger partial charge on any atom is 0.0512 e. The monoisotopic (exact) mass is 296 g/mol. The van der Waals surface area contributed by atoms with E-state index >= 15 is 0 Å². The van der Waals surface area contributed by atoms with Crippen LogP contribution in [-0.4, -0.2) is 30.1 Å². The summed E-state index contributed by atoms with van der Waals surface area (Å²) >= 11 is 1.86.